The van der Waals surface area contributed by atoms with Gasteiger partial charge in [0.1, 0.15) is 5.75 Å². The third-order valence-corrected chi connectivity index (χ3v) is 5.16. The summed E-state index contributed by atoms with van der Waals surface area (Å²) in [6, 6.07) is 10.6. The van der Waals surface area contributed by atoms with Crippen molar-refractivity contribution in [3.8, 4) is 5.75 Å². The predicted molar refractivity (Wildman–Crippen MR) is 103 cm³/mol. The summed E-state index contributed by atoms with van der Waals surface area (Å²) in [5.74, 6) is 1.10. The molecule has 0 amide bonds. The molecule has 2 atom stereocenters. The summed E-state index contributed by atoms with van der Waals surface area (Å²) >= 11 is 0. The Balaban J connectivity index is 2.15. The van der Waals surface area contributed by atoms with Crippen molar-refractivity contribution in [1.29, 1.82) is 0 Å². The third kappa shape index (κ3) is 2.80. The van der Waals surface area contributed by atoms with Crippen LogP contribution < -0.4 is 0 Å². The van der Waals surface area contributed by atoms with Crippen molar-refractivity contribution in [2.24, 2.45) is 0 Å². The highest BCUT2D eigenvalue weighted by atomic mass is 16.3. The summed E-state index contributed by atoms with van der Waals surface area (Å²) in [4.78, 5) is 0. The molecule has 1 aliphatic carbocycles. The minimum atomic E-state index is 0.255. The zero-order valence-electron chi connectivity index (χ0n) is 15.0. The molecule has 0 aromatic heterocycles. The summed E-state index contributed by atoms with van der Waals surface area (Å²) in [6.45, 7) is 8.35. The van der Waals surface area contributed by atoms with E-state index in [0.717, 1.165) is 17.5 Å². The van der Waals surface area contributed by atoms with Gasteiger partial charge in [0, 0.05) is 17.4 Å². The number of allylic oxidation sites excluding steroid dienone is 3. The first-order valence-electron chi connectivity index (χ1n) is 8.75. The Labute approximate surface area is 145 Å². The monoisotopic (exact) mass is 318 g/mol. The molecule has 1 aliphatic rings. The fourth-order valence-electron chi connectivity index (χ4n) is 4.08. The van der Waals surface area contributed by atoms with Crippen LogP contribution in [0.4, 0.5) is 0 Å². The molecule has 2 aromatic carbocycles. The lowest BCUT2D eigenvalue weighted by Gasteiger charge is -2.16. The lowest BCUT2D eigenvalue weighted by atomic mass is 9.89. The number of fused-ring (bicyclic) bond motifs is 1. The molecule has 3 rings (SSSR count). The first kappa shape index (κ1) is 16.6. The summed E-state index contributed by atoms with van der Waals surface area (Å²) in [5, 5.41) is 10.6. The van der Waals surface area contributed by atoms with E-state index < -0.39 is 0 Å². The Hall–Kier alpha value is -2.28. The maximum atomic E-state index is 10.6. The van der Waals surface area contributed by atoms with Crippen molar-refractivity contribution in [2.45, 2.75) is 46.0 Å². The molecule has 1 heteroatoms. The highest BCUT2D eigenvalue weighted by Gasteiger charge is 2.33. The van der Waals surface area contributed by atoms with E-state index in [9.17, 15) is 5.11 Å². The molecule has 0 fully saturated rings. The van der Waals surface area contributed by atoms with Gasteiger partial charge < -0.3 is 5.11 Å². The number of hydrogen-bond donors (Lipinski definition) is 1. The number of benzene rings is 2. The number of aryl methyl sites for hydroxylation is 2. The van der Waals surface area contributed by atoms with Gasteiger partial charge in [0.2, 0.25) is 0 Å². The topological polar surface area (TPSA) is 20.2 Å². The summed E-state index contributed by atoms with van der Waals surface area (Å²) in [6.07, 6.45) is 9.64. The van der Waals surface area contributed by atoms with Crippen LogP contribution in [-0.2, 0) is 0 Å². The van der Waals surface area contributed by atoms with Gasteiger partial charge in [0.15, 0.2) is 0 Å². The van der Waals surface area contributed by atoms with Gasteiger partial charge in [-0.1, -0.05) is 42.5 Å². The molecule has 24 heavy (non-hydrogen) atoms. The van der Waals surface area contributed by atoms with Crippen molar-refractivity contribution in [3.63, 3.8) is 0 Å². The van der Waals surface area contributed by atoms with E-state index in [2.05, 4.69) is 62.4 Å². The Morgan fingerprint density at radius 3 is 2.50 bits per heavy atom. The lowest BCUT2D eigenvalue weighted by molar-refractivity contribution is 0.463. The van der Waals surface area contributed by atoms with Gasteiger partial charge in [-0.05, 0) is 74.1 Å². The van der Waals surface area contributed by atoms with Crippen LogP contribution in [0.25, 0.3) is 6.08 Å². The Morgan fingerprint density at radius 1 is 1.00 bits per heavy atom. The van der Waals surface area contributed by atoms with E-state index >= 15 is 0 Å². The van der Waals surface area contributed by atoms with E-state index in [1.165, 1.54) is 22.3 Å². The normalized spacial score (nSPS) is 20.2. The van der Waals surface area contributed by atoms with Gasteiger partial charge in [-0.15, -0.1) is 0 Å². The third-order valence-electron chi connectivity index (χ3n) is 5.16. The van der Waals surface area contributed by atoms with E-state index in [1.807, 2.05) is 19.9 Å². The van der Waals surface area contributed by atoms with Crippen LogP contribution in [-0.4, -0.2) is 5.11 Å². The SMILES string of the molecule is CC=CC1CC(c2cc(/C=C\C)c(C)cc2O)c2cccc(C)c21. The molecular weight excluding hydrogens is 292 g/mol. The van der Waals surface area contributed by atoms with Crippen LogP contribution in [0.15, 0.2) is 48.6 Å². The maximum absolute atomic E-state index is 10.6. The second kappa shape index (κ2) is 6.68. The van der Waals surface area contributed by atoms with Crippen LogP contribution >= 0.6 is 0 Å². The number of hydrogen-bond acceptors (Lipinski definition) is 1. The van der Waals surface area contributed by atoms with Crippen LogP contribution in [0.5, 0.6) is 5.75 Å². The summed E-state index contributed by atoms with van der Waals surface area (Å²) in [7, 11) is 0. The molecular formula is C23H26O. The average Bonchev–Trinajstić information content (AvgIpc) is 2.90. The first-order chi connectivity index (χ1) is 11.6. The Bertz CT molecular complexity index is 811. The second-order valence-electron chi connectivity index (χ2n) is 6.77. The fraction of sp³-hybridized carbons (Fsp3) is 0.304. The lowest BCUT2D eigenvalue weighted by Crippen LogP contribution is -1.99. The van der Waals surface area contributed by atoms with Crippen molar-refractivity contribution < 1.29 is 5.11 Å². The molecule has 0 bridgehead atoms. The maximum Gasteiger partial charge on any atom is 0.119 e. The minimum absolute atomic E-state index is 0.255. The number of aromatic hydroxyl groups is 1. The minimum Gasteiger partial charge on any atom is -0.508 e. The predicted octanol–water partition coefficient (Wildman–Crippen LogP) is 6.24. The van der Waals surface area contributed by atoms with Crippen molar-refractivity contribution in [3.05, 3.63) is 81.9 Å². The van der Waals surface area contributed by atoms with Crippen LogP contribution in [0.3, 0.4) is 0 Å². The highest BCUT2D eigenvalue weighted by molar-refractivity contribution is 5.61. The van der Waals surface area contributed by atoms with Crippen LogP contribution in [0, 0.1) is 13.8 Å². The molecule has 0 radical (unpaired) electrons. The van der Waals surface area contributed by atoms with Crippen molar-refractivity contribution in [2.75, 3.05) is 0 Å². The highest BCUT2D eigenvalue weighted by Crippen LogP contribution is 2.49. The molecule has 0 heterocycles. The van der Waals surface area contributed by atoms with Crippen molar-refractivity contribution >= 4 is 6.08 Å². The number of phenols is 1. The van der Waals surface area contributed by atoms with Gasteiger partial charge in [-0.25, -0.2) is 0 Å². The zero-order valence-corrected chi connectivity index (χ0v) is 15.0. The van der Waals surface area contributed by atoms with Gasteiger partial charge in [-0.3, -0.25) is 0 Å². The fourth-order valence-corrected chi connectivity index (χ4v) is 4.08. The molecule has 0 spiro atoms. The largest absolute Gasteiger partial charge is 0.508 e. The molecule has 1 nitrogen and oxygen atoms in total. The van der Waals surface area contributed by atoms with Gasteiger partial charge in [0.25, 0.3) is 0 Å². The molecule has 2 aromatic rings. The summed E-state index contributed by atoms with van der Waals surface area (Å²) in [5.41, 5.74) is 7.50. The Morgan fingerprint density at radius 2 is 1.79 bits per heavy atom. The van der Waals surface area contributed by atoms with Crippen LogP contribution in [0.2, 0.25) is 0 Å². The summed E-state index contributed by atoms with van der Waals surface area (Å²) < 4.78 is 0. The first-order valence-corrected chi connectivity index (χ1v) is 8.75. The van der Waals surface area contributed by atoms with E-state index in [-0.39, 0.29) is 5.92 Å². The van der Waals surface area contributed by atoms with Crippen LogP contribution in [0.1, 0.15) is 65.5 Å². The molecule has 0 saturated heterocycles. The molecule has 124 valence electrons. The van der Waals surface area contributed by atoms with E-state index in [4.69, 9.17) is 0 Å². The molecule has 2 unspecified atom stereocenters. The molecule has 0 saturated carbocycles. The van der Waals surface area contributed by atoms with E-state index in [0.29, 0.717) is 11.7 Å². The molecule has 1 N–H and O–H groups in total. The smallest absolute Gasteiger partial charge is 0.119 e. The standard InChI is InChI=1S/C23H26O/c1-5-8-17-13-21(22(24)12-16(17)4)20-14-18(9-6-2)23-15(3)10-7-11-19(20)23/h5-13,18,20,24H,14H2,1-4H3/b8-5-,9-6?. The number of rotatable bonds is 3. The number of phenolic OH excluding ortho intramolecular Hbond substituents is 1. The molecule has 0 aliphatic heterocycles. The average molecular weight is 318 g/mol. The van der Waals surface area contributed by atoms with E-state index in [1.54, 1.807) is 0 Å². The van der Waals surface area contributed by atoms with Gasteiger partial charge in [-0.2, -0.15) is 0 Å². The Kier molecular flexibility index (Phi) is 4.62. The van der Waals surface area contributed by atoms with Crippen molar-refractivity contribution in [1.82, 2.24) is 0 Å². The van der Waals surface area contributed by atoms with Gasteiger partial charge >= 0.3 is 0 Å². The second-order valence-corrected chi connectivity index (χ2v) is 6.77. The quantitative estimate of drug-likeness (QED) is 0.664. The zero-order chi connectivity index (χ0) is 17.3. The van der Waals surface area contributed by atoms with Gasteiger partial charge in [0.05, 0.1) is 0 Å².